The first-order chi connectivity index (χ1) is 16.0. The molecule has 10 nitrogen and oxygen atoms in total. The van der Waals surface area contributed by atoms with Gasteiger partial charge in [-0.25, -0.2) is 14.2 Å². The molecule has 0 aliphatic heterocycles. The number of aryl methyl sites for hydroxylation is 3. The quantitative estimate of drug-likeness (QED) is 0.398. The Morgan fingerprint density at radius 2 is 1.73 bits per heavy atom. The molecule has 3 heterocycles. The Hall–Kier alpha value is -3.73. The first-order valence-corrected chi connectivity index (χ1v) is 11.5. The minimum Gasteiger partial charge on any atom is -0.494 e. The van der Waals surface area contributed by atoms with Crippen LogP contribution in [0.2, 0.25) is 0 Å². The van der Waals surface area contributed by atoms with Crippen LogP contribution in [0.4, 0.5) is 5.95 Å². The van der Waals surface area contributed by atoms with Gasteiger partial charge in [-0.05, 0) is 43.7 Å². The summed E-state index contributed by atoms with van der Waals surface area (Å²) in [6.45, 7) is 3.76. The fraction of sp³-hybridized carbons (Fsp3) is 0.273. The van der Waals surface area contributed by atoms with Gasteiger partial charge in [-0.1, -0.05) is 6.07 Å². The number of anilines is 1. The van der Waals surface area contributed by atoms with Crippen molar-refractivity contribution in [3.05, 3.63) is 59.9 Å². The first-order valence-electron chi connectivity index (χ1n) is 10.2. The van der Waals surface area contributed by atoms with Crippen molar-refractivity contribution in [3.8, 4) is 28.8 Å². The Balaban J connectivity index is 1.70. The number of nitrogens with one attached hydrogen (secondary N) is 1. The average molecular weight is 469 g/mol. The molecule has 1 unspecified atom stereocenters. The lowest BCUT2D eigenvalue weighted by molar-refractivity contribution is 0.391. The van der Waals surface area contributed by atoms with Gasteiger partial charge >= 0.3 is 0 Å². The van der Waals surface area contributed by atoms with Crippen molar-refractivity contribution in [1.82, 2.24) is 24.7 Å². The molecule has 1 aromatic carbocycles. The molecular formula is C22H24N6O4S. The fourth-order valence-electron chi connectivity index (χ4n) is 3.21. The van der Waals surface area contributed by atoms with Crippen LogP contribution < -0.4 is 14.2 Å². The number of para-hydroxylation sites is 1. The molecule has 0 bridgehead atoms. The number of hydrogen-bond acceptors (Lipinski definition) is 8. The van der Waals surface area contributed by atoms with Crippen molar-refractivity contribution < 1.29 is 18.1 Å². The Morgan fingerprint density at radius 1 is 1.03 bits per heavy atom. The third-order valence-corrected chi connectivity index (χ3v) is 5.78. The second-order valence-electron chi connectivity index (χ2n) is 7.18. The van der Waals surface area contributed by atoms with Crippen LogP contribution >= 0.6 is 0 Å². The molecule has 0 spiro atoms. The highest BCUT2D eigenvalue weighted by atomic mass is 32.2. The molecule has 4 rings (SSSR count). The molecule has 0 aliphatic rings. The summed E-state index contributed by atoms with van der Waals surface area (Å²) in [6, 6.07) is 9.04. The lowest BCUT2D eigenvalue weighted by Crippen LogP contribution is -2.15. The molecule has 33 heavy (non-hydrogen) atoms. The maximum absolute atomic E-state index is 12.9. The van der Waals surface area contributed by atoms with E-state index in [1.165, 1.54) is 0 Å². The van der Waals surface area contributed by atoms with Crippen LogP contribution in [0.15, 0.2) is 47.1 Å². The Bertz CT molecular complexity index is 1250. The number of benzene rings is 1. The lowest BCUT2D eigenvalue weighted by Gasteiger charge is -2.17. The molecule has 1 N–H and O–H groups in total. The van der Waals surface area contributed by atoms with E-state index in [2.05, 4.69) is 24.9 Å². The fourth-order valence-corrected chi connectivity index (χ4v) is 4.02. The third kappa shape index (κ3) is 4.87. The van der Waals surface area contributed by atoms with Gasteiger partial charge in [-0.2, -0.15) is 0 Å². The second kappa shape index (κ2) is 9.82. The van der Waals surface area contributed by atoms with Crippen LogP contribution in [0.5, 0.6) is 11.5 Å². The summed E-state index contributed by atoms with van der Waals surface area (Å²) in [4.78, 5) is 8.52. The first kappa shape index (κ1) is 22.5. The number of hydrogen-bond donors (Lipinski definition) is 1. The van der Waals surface area contributed by atoms with Gasteiger partial charge in [0.05, 0.1) is 20.0 Å². The molecule has 0 aliphatic carbocycles. The predicted molar refractivity (Wildman–Crippen MR) is 124 cm³/mol. The topological polar surface area (TPSA) is 117 Å². The van der Waals surface area contributed by atoms with Gasteiger partial charge in [0.25, 0.3) is 0 Å². The van der Waals surface area contributed by atoms with Gasteiger partial charge in [-0.3, -0.25) is 9.29 Å². The van der Waals surface area contributed by atoms with Gasteiger partial charge < -0.3 is 13.9 Å². The van der Waals surface area contributed by atoms with E-state index >= 15 is 0 Å². The normalized spacial score (nSPS) is 11.9. The van der Waals surface area contributed by atoms with Crippen LogP contribution in [0.1, 0.15) is 17.1 Å². The lowest BCUT2D eigenvalue weighted by atomic mass is 10.2. The molecule has 4 aromatic rings. The van der Waals surface area contributed by atoms with E-state index in [4.69, 9.17) is 13.9 Å². The summed E-state index contributed by atoms with van der Waals surface area (Å²) in [5, 5.41) is 8.54. The molecule has 3 aromatic heterocycles. The van der Waals surface area contributed by atoms with Crippen LogP contribution in [-0.2, 0) is 17.4 Å². The molecule has 0 amide bonds. The summed E-state index contributed by atoms with van der Waals surface area (Å²) >= 11 is 0. The van der Waals surface area contributed by atoms with E-state index in [-0.39, 0.29) is 11.7 Å². The molecule has 11 heteroatoms. The van der Waals surface area contributed by atoms with Gasteiger partial charge in [0, 0.05) is 18.8 Å². The monoisotopic (exact) mass is 468 g/mol. The minimum atomic E-state index is -1.48. The number of furan rings is 1. The summed E-state index contributed by atoms with van der Waals surface area (Å²) in [5.74, 6) is 3.85. The van der Waals surface area contributed by atoms with E-state index in [9.17, 15) is 4.21 Å². The summed E-state index contributed by atoms with van der Waals surface area (Å²) in [6.07, 6.45) is 3.91. The third-order valence-electron chi connectivity index (χ3n) is 4.80. The summed E-state index contributed by atoms with van der Waals surface area (Å²) in [7, 11) is 1.64. The van der Waals surface area contributed by atoms with E-state index in [1.54, 1.807) is 49.4 Å². The predicted octanol–water partition coefficient (Wildman–Crippen LogP) is 3.27. The molecule has 0 radical (unpaired) electrons. The van der Waals surface area contributed by atoms with Gasteiger partial charge in [0.2, 0.25) is 11.8 Å². The number of methoxy groups -OCH3 is 2. The van der Waals surface area contributed by atoms with Gasteiger partial charge in [-0.15, -0.1) is 10.2 Å². The highest BCUT2D eigenvalue weighted by Crippen LogP contribution is 2.37. The molecule has 0 fully saturated rings. The van der Waals surface area contributed by atoms with E-state index in [1.807, 2.05) is 26.0 Å². The molecule has 0 saturated heterocycles. The molecule has 0 saturated carbocycles. The van der Waals surface area contributed by atoms with Crippen molar-refractivity contribution in [2.24, 2.45) is 0 Å². The van der Waals surface area contributed by atoms with E-state index in [0.717, 1.165) is 11.3 Å². The van der Waals surface area contributed by atoms with Crippen LogP contribution in [0.25, 0.3) is 17.3 Å². The average Bonchev–Trinajstić information content (AvgIpc) is 3.43. The highest BCUT2D eigenvalue weighted by Gasteiger charge is 2.24. The van der Waals surface area contributed by atoms with Crippen molar-refractivity contribution >= 4 is 16.9 Å². The Labute approximate surface area is 193 Å². The number of aromatic nitrogens is 5. The summed E-state index contributed by atoms with van der Waals surface area (Å²) < 4.78 is 34.4. The number of nitrogens with zero attached hydrogens (tertiary/aromatic N) is 5. The minimum absolute atomic E-state index is 0.255. The van der Waals surface area contributed by atoms with E-state index in [0.29, 0.717) is 41.0 Å². The van der Waals surface area contributed by atoms with Crippen molar-refractivity contribution in [3.63, 3.8) is 0 Å². The highest BCUT2D eigenvalue weighted by molar-refractivity contribution is 7.86. The molecule has 172 valence electrons. The van der Waals surface area contributed by atoms with Crippen LogP contribution in [0, 0.1) is 13.8 Å². The second-order valence-corrected chi connectivity index (χ2v) is 8.49. The SMILES string of the molecule is COc1cccc(OC)c1-n1c(NS(=O)CCc2ncc(C)cn2)nnc1-c1ccc(C)o1. The van der Waals surface area contributed by atoms with Crippen molar-refractivity contribution in [2.75, 3.05) is 24.7 Å². The standard InChI is InChI=1S/C22H24N6O4S/c1-14-12-23-19(24-13-14)10-11-33(29)27-22-26-25-21(18-9-8-15(2)32-18)28(22)20-16(30-3)6-5-7-17(20)31-4/h5-9,12-13H,10-11H2,1-4H3,(H,26,27). The summed E-state index contributed by atoms with van der Waals surface area (Å²) in [5.41, 5.74) is 1.52. The van der Waals surface area contributed by atoms with Crippen molar-refractivity contribution in [2.45, 2.75) is 20.3 Å². The zero-order valence-corrected chi connectivity index (χ0v) is 19.5. The molecular weight excluding hydrogens is 444 g/mol. The maximum atomic E-state index is 12.9. The number of ether oxygens (including phenoxy) is 2. The maximum Gasteiger partial charge on any atom is 0.241 e. The zero-order valence-electron chi connectivity index (χ0n) is 18.7. The molecule has 1 atom stereocenters. The van der Waals surface area contributed by atoms with Crippen LogP contribution in [-0.4, -0.2) is 48.9 Å². The van der Waals surface area contributed by atoms with E-state index < -0.39 is 11.0 Å². The number of rotatable bonds is 9. The Morgan fingerprint density at radius 3 is 2.33 bits per heavy atom. The van der Waals surface area contributed by atoms with Gasteiger partial charge in [0.15, 0.2) is 5.76 Å². The van der Waals surface area contributed by atoms with Crippen LogP contribution in [0.3, 0.4) is 0 Å². The smallest absolute Gasteiger partial charge is 0.241 e. The largest absolute Gasteiger partial charge is 0.494 e. The Kier molecular flexibility index (Phi) is 6.68. The van der Waals surface area contributed by atoms with Gasteiger partial charge in [0.1, 0.15) is 39.8 Å². The zero-order chi connectivity index (χ0) is 23.4. The van der Waals surface area contributed by atoms with Crippen molar-refractivity contribution in [1.29, 1.82) is 0 Å².